The number of carboxylic acids is 1. The first kappa shape index (κ1) is 10.7. The lowest BCUT2D eigenvalue weighted by Crippen LogP contribution is -2.12. The normalized spacial score (nSPS) is 12.4. The maximum absolute atomic E-state index is 10.3. The van der Waals surface area contributed by atoms with Crippen LogP contribution in [0, 0.1) is 6.92 Å². The Morgan fingerprint density at radius 3 is 2.93 bits per heavy atom. The fraction of sp³-hybridized carbons (Fsp3) is 0.400. The monoisotopic (exact) mass is 194 g/mol. The van der Waals surface area contributed by atoms with Crippen molar-refractivity contribution < 1.29 is 9.90 Å². The lowest BCUT2D eigenvalue weighted by atomic mass is 10.0. The maximum atomic E-state index is 10.3. The van der Waals surface area contributed by atoms with E-state index in [0.717, 1.165) is 11.1 Å². The molecule has 1 heterocycles. The summed E-state index contributed by atoms with van der Waals surface area (Å²) in [6, 6.07) is 1.69. The van der Waals surface area contributed by atoms with E-state index < -0.39 is 5.97 Å². The zero-order valence-electron chi connectivity index (χ0n) is 8.10. The standard InChI is InChI=1S/C10H14N2O2/c1-7-4-8(6-12-5-7)9(11)2-3-10(13)14/h4-6,9H,2-3,11H2,1H3,(H,13,14)/t9-/m1/s1. The average Bonchev–Trinajstić information content (AvgIpc) is 2.14. The predicted molar refractivity (Wildman–Crippen MR) is 52.8 cm³/mol. The van der Waals surface area contributed by atoms with Crippen LogP contribution in [0.5, 0.6) is 0 Å². The summed E-state index contributed by atoms with van der Waals surface area (Å²) in [5.41, 5.74) is 7.74. The van der Waals surface area contributed by atoms with Crippen LogP contribution in [0.25, 0.3) is 0 Å². The molecule has 3 N–H and O–H groups in total. The van der Waals surface area contributed by atoms with Crippen LogP contribution in [0.4, 0.5) is 0 Å². The number of aromatic nitrogens is 1. The molecule has 0 radical (unpaired) electrons. The fourth-order valence-corrected chi connectivity index (χ4v) is 1.23. The van der Waals surface area contributed by atoms with Crippen molar-refractivity contribution in [1.29, 1.82) is 0 Å². The van der Waals surface area contributed by atoms with Gasteiger partial charge in [0.05, 0.1) is 0 Å². The Balaban J connectivity index is 2.60. The first-order chi connectivity index (χ1) is 6.59. The largest absolute Gasteiger partial charge is 0.481 e. The second-order valence-corrected chi connectivity index (χ2v) is 3.33. The van der Waals surface area contributed by atoms with Gasteiger partial charge in [0, 0.05) is 24.9 Å². The highest BCUT2D eigenvalue weighted by Gasteiger charge is 2.08. The number of carbonyl (C=O) groups is 1. The SMILES string of the molecule is Cc1cncc([C@H](N)CCC(=O)O)c1. The van der Waals surface area contributed by atoms with E-state index in [1.807, 2.05) is 13.0 Å². The minimum absolute atomic E-state index is 0.0924. The third kappa shape index (κ3) is 3.14. The summed E-state index contributed by atoms with van der Waals surface area (Å²) < 4.78 is 0. The Labute approximate surface area is 82.8 Å². The van der Waals surface area contributed by atoms with Crippen molar-refractivity contribution in [3.63, 3.8) is 0 Å². The van der Waals surface area contributed by atoms with Crippen LogP contribution in [0.1, 0.15) is 30.0 Å². The predicted octanol–water partition coefficient (Wildman–Crippen LogP) is 1.25. The smallest absolute Gasteiger partial charge is 0.303 e. The van der Waals surface area contributed by atoms with Crippen molar-refractivity contribution >= 4 is 5.97 Å². The summed E-state index contributed by atoms with van der Waals surface area (Å²) in [7, 11) is 0. The third-order valence-corrected chi connectivity index (χ3v) is 1.99. The van der Waals surface area contributed by atoms with E-state index in [9.17, 15) is 4.79 Å². The first-order valence-electron chi connectivity index (χ1n) is 4.48. The van der Waals surface area contributed by atoms with Crippen LogP contribution < -0.4 is 5.73 Å². The lowest BCUT2D eigenvalue weighted by Gasteiger charge is -2.10. The van der Waals surface area contributed by atoms with Crippen LogP contribution in [-0.4, -0.2) is 16.1 Å². The highest BCUT2D eigenvalue weighted by atomic mass is 16.4. The molecule has 1 aromatic rings. The number of nitrogens with two attached hydrogens (primary N) is 1. The van der Waals surface area contributed by atoms with Gasteiger partial charge in [0.1, 0.15) is 0 Å². The number of nitrogens with zero attached hydrogens (tertiary/aromatic N) is 1. The van der Waals surface area contributed by atoms with Crippen molar-refractivity contribution in [2.75, 3.05) is 0 Å². The zero-order chi connectivity index (χ0) is 10.6. The number of hydrogen-bond donors (Lipinski definition) is 2. The van der Waals surface area contributed by atoms with Gasteiger partial charge in [-0.05, 0) is 24.5 Å². The number of pyridine rings is 1. The molecular formula is C10H14N2O2. The summed E-state index contributed by atoms with van der Waals surface area (Å²) >= 11 is 0. The summed E-state index contributed by atoms with van der Waals surface area (Å²) in [6.45, 7) is 1.93. The van der Waals surface area contributed by atoms with Gasteiger partial charge in [-0.25, -0.2) is 0 Å². The second-order valence-electron chi connectivity index (χ2n) is 3.33. The Hall–Kier alpha value is -1.42. The minimum atomic E-state index is -0.818. The van der Waals surface area contributed by atoms with Gasteiger partial charge in [-0.1, -0.05) is 6.07 Å². The van der Waals surface area contributed by atoms with Crippen LogP contribution in [0.15, 0.2) is 18.5 Å². The van der Waals surface area contributed by atoms with E-state index >= 15 is 0 Å². The molecule has 0 bridgehead atoms. The molecular weight excluding hydrogens is 180 g/mol. The molecule has 4 heteroatoms. The van der Waals surface area contributed by atoms with E-state index in [1.165, 1.54) is 0 Å². The van der Waals surface area contributed by atoms with Crippen LogP contribution in [0.3, 0.4) is 0 Å². The van der Waals surface area contributed by atoms with E-state index in [-0.39, 0.29) is 12.5 Å². The van der Waals surface area contributed by atoms with Crippen molar-refractivity contribution in [2.24, 2.45) is 5.73 Å². The maximum Gasteiger partial charge on any atom is 0.303 e. The Morgan fingerprint density at radius 1 is 1.64 bits per heavy atom. The fourth-order valence-electron chi connectivity index (χ4n) is 1.23. The number of rotatable bonds is 4. The van der Waals surface area contributed by atoms with Gasteiger partial charge in [0.15, 0.2) is 0 Å². The molecule has 1 atom stereocenters. The highest BCUT2D eigenvalue weighted by molar-refractivity contribution is 5.66. The molecule has 0 aliphatic rings. The van der Waals surface area contributed by atoms with E-state index in [2.05, 4.69) is 4.98 Å². The van der Waals surface area contributed by atoms with Gasteiger partial charge < -0.3 is 10.8 Å². The van der Waals surface area contributed by atoms with Gasteiger partial charge in [-0.2, -0.15) is 0 Å². The third-order valence-electron chi connectivity index (χ3n) is 1.99. The molecule has 0 saturated heterocycles. The number of hydrogen-bond acceptors (Lipinski definition) is 3. The Kier molecular flexibility index (Phi) is 3.59. The van der Waals surface area contributed by atoms with Crippen molar-refractivity contribution in [3.05, 3.63) is 29.6 Å². The molecule has 0 aromatic carbocycles. The molecule has 0 amide bonds. The summed E-state index contributed by atoms with van der Waals surface area (Å²) in [5.74, 6) is -0.818. The second kappa shape index (κ2) is 4.72. The van der Waals surface area contributed by atoms with Crippen molar-refractivity contribution in [2.45, 2.75) is 25.8 Å². The topological polar surface area (TPSA) is 76.2 Å². The number of aliphatic carboxylic acids is 1. The molecule has 4 nitrogen and oxygen atoms in total. The molecule has 0 aliphatic heterocycles. The summed E-state index contributed by atoms with van der Waals surface area (Å²) in [5, 5.41) is 8.49. The van der Waals surface area contributed by atoms with E-state index in [4.69, 9.17) is 10.8 Å². The van der Waals surface area contributed by atoms with Crippen LogP contribution in [-0.2, 0) is 4.79 Å². The molecule has 0 aliphatic carbocycles. The van der Waals surface area contributed by atoms with Crippen LogP contribution in [0.2, 0.25) is 0 Å². The number of carboxylic acid groups (broad SMARTS) is 1. The van der Waals surface area contributed by atoms with Crippen molar-refractivity contribution in [1.82, 2.24) is 4.98 Å². The number of aryl methyl sites for hydroxylation is 1. The minimum Gasteiger partial charge on any atom is -0.481 e. The van der Waals surface area contributed by atoms with E-state index in [0.29, 0.717) is 6.42 Å². The molecule has 0 fully saturated rings. The van der Waals surface area contributed by atoms with E-state index in [1.54, 1.807) is 12.4 Å². The van der Waals surface area contributed by atoms with Gasteiger partial charge in [-0.3, -0.25) is 9.78 Å². The van der Waals surface area contributed by atoms with Gasteiger partial charge in [-0.15, -0.1) is 0 Å². The molecule has 0 spiro atoms. The van der Waals surface area contributed by atoms with Crippen molar-refractivity contribution in [3.8, 4) is 0 Å². The quantitative estimate of drug-likeness (QED) is 0.756. The molecule has 76 valence electrons. The molecule has 14 heavy (non-hydrogen) atoms. The van der Waals surface area contributed by atoms with Gasteiger partial charge in [0.25, 0.3) is 0 Å². The van der Waals surface area contributed by atoms with Gasteiger partial charge in [0.2, 0.25) is 0 Å². The average molecular weight is 194 g/mol. The van der Waals surface area contributed by atoms with Gasteiger partial charge >= 0.3 is 5.97 Å². The summed E-state index contributed by atoms with van der Waals surface area (Å²) in [4.78, 5) is 14.3. The summed E-state index contributed by atoms with van der Waals surface area (Å²) in [6.07, 6.45) is 3.96. The zero-order valence-corrected chi connectivity index (χ0v) is 8.10. The molecule has 0 saturated carbocycles. The Morgan fingerprint density at radius 2 is 2.36 bits per heavy atom. The Bertz CT molecular complexity index is 326. The lowest BCUT2D eigenvalue weighted by molar-refractivity contribution is -0.137. The van der Waals surface area contributed by atoms with Crippen LogP contribution >= 0.6 is 0 Å². The molecule has 0 unspecified atom stereocenters. The highest BCUT2D eigenvalue weighted by Crippen LogP contribution is 2.15. The first-order valence-corrected chi connectivity index (χ1v) is 4.48. The molecule has 1 aromatic heterocycles. The molecule has 1 rings (SSSR count).